The highest BCUT2D eigenvalue weighted by molar-refractivity contribution is 9.10. The van der Waals surface area contributed by atoms with Gasteiger partial charge in [-0.15, -0.1) is 0 Å². The molecule has 1 unspecified atom stereocenters. The molecule has 0 bridgehead atoms. The van der Waals surface area contributed by atoms with Crippen molar-refractivity contribution in [1.29, 1.82) is 0 Å². The Kier molecular flexibility index (Phi) is 5.19. The molecule has 0 fully saturated rings. The van der Waals surface area contributed by atoms with Crippen LogP contribution in [0, 0.1) is 0 Å². The van der Waals surface area contributed by atoms with Crippen molar-refractivity contribution in [2.24, 2.45) is 12.8 Å². The zero-order valence-electron chi connectivity index (χ0n) is 12.9. The normalized spacial score (nSPS) is 14.4. The van der Waals surface area contributed by atoms with Gasteiger partial charge in [-0.1, -0.05) is 28.1 Å². The topological polar surface area (TPSA) is 47.1 Å². The molecular weight excluding hydrogens is 328 g/mol. The predicted molar refractivity (Wildman–Crippen MR) is 90.0 cm³/mol. The van der Waals surface area contributed by atoms with Crippen molar-refractivity contribution < 1.29 is 0 Å². The summed E-state index contributed by atoms with van der Waals surface area (Å²) in [6.07, 6.45) is 4.88. The van der Waals surface area contributed by atoms with E-state index in [0.29, 0.717) is 6.54 Å². The fourth-order valence-corrected chi connectivity index (χ4v) is 2.69. The average molecular weight is 351 g/mol. The van der Waals surface area contributed by atoms with Gasteiger partial charge < -0.3 is 5.73 Å². The van der Waals surface area contributed by atoms with Crippen LogP contribution in [0.25, 0.3) is 0 Å². The van der Waals surface area contributed by atoms with Crippen LogP contribution in [0.5, 0.6) is 0 Å². The van der Waals surface area contributed by atoms with Crippen LogP contribution >= 0.6 is 15.9 Å². The summed E-state index contributed by atoms with van der Waals surface area (Å²) in [5, 5.41) is 4.22. The van der Waals surface area contributed by atoms with E-state index >= 15 is 0 Å². The van der Waals surface area contributed by atoms with Crippen molar-refractivity contribution in [2.75, 3.05) is 13.6 Å². The summed E-state index contributed by atoms with van der Waals surface area (Å²) < 4.78 is 2.93. The molecule has 1 atom stereocenters. The number of likely N-dealkylation sites (N-methyl/N-ethyl adjacent to an activating group) is 1. The van der Waals surface area contributed by atoms with Crippen molar-refractivity contribution in [3.05, 3.63) is 52.3 Å². The summed E-state index contributed by atoms with van der Waals surface area (Å²) in [6, 6.07) is 8.45. The second kappa shape index (κ2) is 6.73. The van der Waals surface area contributed by atoms with Crippen LogP contribution in [0.3, 0.4) is 0 Å². The highest BCUT2D eigenvalue weighted by atomic mass is 79.9. The fourth-order valence-electron chi connectivity index (χ4n) is 2.42. The summed E-state index contributed by atoms with van der Waals surface area (Å²) in [5.74, 6) is 0. The minimum Gasteiger partial charge on any atom is -0.329 e. The lowest BCUT2D eigenvalue weighted by molar-refractivity contribution is 0.136. The minimum atomic E-state index is -0.0797. The lowest BCUT2D eigenvalue weighted by Crippen LogP contribution is -2.50. The molecule has 0 aliphatic rings. The van der Waals surface area contributed by atoms with Gasteiger partial charge in [0.15, 0.2) is 0 Å². The van der Waals surface area contributed by atoms with Gasteiger partial charge in [-0.05, 0) is 38.1 Å². The molecule has 0 aliphatic heterocycles. The molecule has 0 saturated carbocycles. The largest absolute Gasteiger partial charge is 0.329 e. The Morgan fingerprint density at radius 3 is 2.48 bits per heavy atom. The first kappa shape index (κ1) is 16.2. The van der Waals surface area contributed by atoms with Crippen LogP contribution in [-0.4, -0.2) is 33.8 Å². The van der Waals surface area contributed by atoms with Gasteiger partial charge in [0.2, 0.25) is 0 Å². The van der Waals surface area contributed by atoms with Gasteiger partial charge in [0.25, 0.3) is 0 Å². The van der Waals surface area contributed by atoms with Crippen LogP contribution in [-0.2, 0) is 20.0 Å². The smallest absolute Gasteiger partial charge is 0.0534 e. The van der Waals surface area contributed by atoms with Crippen molar-refractivity contribution in [3.63, 3.8) is 0 Å². The number of rotatable bonds is 6. The first-order valence-corrected chi connectivity index (χ1v) is 7.85. The summed E-state index contributed by atoms with van der Waals surface area (Å²) in [7, 11) is 4.06. The van der Waals surface area contributed by atoms with Crippen LogP contribution in [0.1, 0.15) is 18.1 Å². The van der Waals surface area contributed by atoms with Crippen molar-refractivity contribution in [1.82, 2.24) is 14.7 Å². The second-order valence-corrected chi connectivity index (χ2v) is 6.80. The molecule has 2 N–H and O–H groups in total. The maximum absolute atomic E-state index is 6.07. The Morgan fingerprint density at radius 2 is 1.95 bits per heavy atom. The number of nitrogens with two attached hydrogens (primary N) is 1. The second-order valence-electron chi connectivity index (χ2n) is 5.88. The van der Waals surface area contributed by atoms with Gasteiger partial charge in [0.1, 0.15) is 0 Å². The average Bonchev–Trinajstić information content (AvgIpc) is 2.86. The zero-order chi connectivity index (χ0) is 15.5. The van der Waals surface area contributed by atoms with Gasteiger partial charge in [0, 0.05) is 41.9 Å². The Labute approximate surface area is 135 Å². The third kappa shape index (κ3) is 4.15. The van der Waals surface area contributed by atoms with E-state index in [9.17, 15) is 0 Å². The van der Waals surface area contributed by atoms with Crippen molar-refractivity contribution in [3.8, 4) is 0 Å². The molecule has 2 rings (SSSR count). The van der Waals surface area contributed by atoms with E-state index in [2.05, 4.69) is 64.2 Å². The molecule has 1 aromatic carbocycles. The Bertz CT molecular complexity index is 578. The van der Waals surface area contributed by atoms with Gasteiger partial charge in [0.05, 0.1) is 6.20 Å². The van der Waals surface area contributed by atoms with Gasteiger partial charge in [-0.2, -0.15) is 5.10 Å². The number of aryl methyl sites for hydroxylation is 1. The molecule has 0 spiro atoms. The molecule has 0 amide bonds. The van der Waals surface area contributed by atoms with Gasteiger partial charge in [-0.25, -0.2) is 0 Å². The lowest BCUT2D eigenvalue weighted by Gasteiger charge is -2.38. The van der Waals surface area contributed by atoms with Gasteiger partial charge >= 0.3 is 0 Å². The summed E-state index contributed by atoms with van der Waals surface area (Å²) in [5.41, 5.74) is 8.49. The Balaban J connectivity index is 2.09. The molecule has 5 heteroatoms. The third-order valence-corrected chi connectivity index (χ3v) is 4.57. The van der Waals surface area contributed by atoms with E-state index < -0.39 is 0 Å². The molecule has 0 radical (unpaired) electrons. The Morgan fingerprint density at radius 1 is 1.29 bits per heavy atom. The highest BCUT2D eigenvalue weighted by Gasteiger charge is 2.28. The molecule has 0 aliphatic carbocycles. The van der Waals surface area contributed by atoms with Crippen LogP contribution < -0.4 is 5.73 Å². The monoisotopic (exact) mass is 350 g/mol. The predicted octanol–water partition coefficient (Wildman–Crippen LogP) is 2.57. The fraction of sp³-hybridized carbons (Fsp3) is 0.438. The highest BCUT2D eigenvalue weighted by Crippen LogP contribution is 2.22. The molecule has 114 valence electrons. The maximum Gasteiger partial charge on any atom is 0.0534 e. The first-order valence-electron chi connectivity index (χ1n) is 7.06. The number of aromatic nitrogens is 2. The number of halogens is 1. The zero-order valence-corrected chi connectivity index (χ0v) is 14.5. The molecule has 1 aromatic heterocycles. The first-order chi connectivity index (χ1) is 9.93. The van der Waals surface area contributed by atoms with E-state index in [-0.39, 0.29) is 5.54 Å². The van der Waals surface area contributed by atoms with E-state index in [4.69, 9.17) is 5.73 Å². The molecular formula is C16H23BrN4. The number of benzene rings is 1. The standard InChI is InChI=1S/C16H23BrN4/c1-16(12-18,8-13-4-6-15(17)7-5-13)20(2)10-14-9-19-21(3)11-14/h4-7,9,11H,8,10,12,18H2,1-3H3. The SMILES string of the molecule is CN(Cc1cnn(C)c1)C(C)(CN)Cc1ccc(Br)cc1. The van der Waals surface area contributed by atoms with Gasteiger partial charge in [-0.3, -0.25) is 9.58 Å². The molecule has 21 heavy (non-hydrogen) atoms. The van der Waals surface area contributed by atoms with Crippen molar-refractivity contribution >= 4 is 15.9 Å². The van der Waals surface area contributed by atoms with E-state index in [1.54, 1.807) is 0 Å². The maximum atomic E-state index is 6.07. The molecule has 1 heterocycles. The summed E-state index contributed by atoms with van der Waals surface area (Å²) >= 11 is 3.47. The summed E-state index contributed by atoms with van der Waals surface area (Å²) in [4.78, 5) is 2.31. The van der Waals surface area contributed by atoms with Crippen molar-refractivity contribution in [2.45, 2.75) is 25.4 Å². The van der Waals surface area contributed by atoms with E-state index in [1.807, 2.05) is 24.1 Å². The molecule has 0 saturated heterocycles. The number of hydrogen-bond acceptors (Lipinski definition) is 3. The number of nitrogens with zero attached hydrogens (tertiary/aromatic N) is 3. The number of hydrogen-bond donors (Lipinski definition) is 1. The van der Waals surface area contributed by atoms with Crippen LogP contribution in [0.2, 0.25) is 0 Å². The molecule has 2 aromatic rings. The lowest BCUT2D eigenvalue weighted by atomic mass is 9.91. The van der Waals surface area contributed by atoms with E-state index in [0.717, 1.165) is 17.4 Å². The quantitative estimate of drug-likeness (QED) is 0.870. The molecule has 4 nitrogen and oxygen atoms in total. The third-order valence-electron chi connectivity index (χ3n) is 4.04. The summed E-state index contributed by atoms with van der Waals surface area (Å²) in [6.45, 7) is 3.67. The Hall–Kier alpha value is -1.17. The minimum absolute atomic E-state index is 0.0797. The van der Waals surface area contributed by atoms with Crippen LogP contribution in [0.4, 0.5) is 0 Å². The van der Waals surface area contributed by atoms with E-state index in [1.165, 1.54) is 11.1 Å². The van der Waals surface area contributed by atoms with Crippen LogP contribution in [0.15, 0.2) is 41.1 Å².